The fourth-order valence-corrected chi connectivity index (χ4v) is 2.52. The number of aliphatic carboxylic acids is 1. The van der Waals surface area contributed by atoms with E-state index >= 15 is 0 Å². The van der Waals surface area contributed by atoms with Crippen molar-refractivity contribution in [1.29, 1.82) is 0 Å². The SMILES string of the molecule is CCc1cc(/C=C/C(=O)O)ccc1NC(=O)c1ccsc1. The largest absolute Gasteiger partial charge is 0.478 e. The highest BCUT2D eigenvalue weighted by molar-refractivity contribution is 7.08. The molecule has 0 aliphatic heterocycles. The Morgan fingerprint density at radius 1 is 1.33 bits per heavy atom. The molecule has 0 saturated heterocycles. The lowest BCUT2D eigenvalue weighted by Crippen LogP contribution is -2.12. The third kappa shape index (κ3) is 4.03. The first-order chi connectivity index (χ1) is 10.1. The molecule has 0 fully saturated rings. The molecule has 0 spiro atoms. The fraction of sp³-hybridized carbons (Fsp3) is 0.125. The molecule has 4 nitrogen and oxygen atoms in total. The lowest BCUT2D eigenvalue weighted by molar-refractivity contribution is -0.131. The van der Waals surface area contributed by atoms with E-state index in [-0.39, 0.29) is 5.91 Å². The molecule has 0 radical (unpaired) electrons. The zero-order valence-corrected chi connectivity index (χ0v) is 12.3. The normalized spacial score (nSPS) is 10.7. The molecule has 1 aromatic carbocycles. The van der Waals surface area contributed by atoms with Crippen LogP contribution in [0.3, 0.4) is 0 Å². The molecule has 1 amide bonds. The Balaban J connectivity index is 2.20. The van der Waals surface area contributed by atoms with Crippen LogP contribution in [0.1, 0.15) is 28.4 Å². The summed E-state index contributed by atoms with van der Waals surface area (Å²) >= 11 is 1.47. The summed E-state index contributed by atoms with van der Waals surface area (Å²) in [7, 11) is 0. The second-order valence-corrected chi connectivity index (χ2v) is 5.19. The van der Waals surface area contributed by atoms with E-state index in [0.717, 1.165) is 29.3 Å². The first kappa shape index (κ1) is 15.0. The highest BCUT2D eigenvalue weighted by Gasteiger charge is 2.09. The van der Waals surface area contributed by atoms with Crippen LogP contribution in [0.5, 0.6) is 0 Å². The topological polar surface area (TPSA) is 66.4 Å². The van der Waals surface area contributed by atoms with Crippen LogP contribution >= 0.6 is 11.3 Å². The van der Waals surface area contributed by atoms with Crippen LogP contribution in [0.15, 0.2) is 41.1 Å². The van der Waals surface area contributed by atoms with E-state index < -0.39 is 5.97 Å². The van der Waals surface area contributed by atoms with E-state index in [1.807, 2.05) is 18.4 Å². The number of thiophene rings is 1. The minimum absolute atomic E-state index is 0.139. The number of hydrogen-bond donors (Lipinski definition) is 2. The van der Waals surface area contributed by atoms with E-state index in [4.69, 9.17) is 5.11 Å². The lowest BCUT2D eigenvalue weighted by Gasteiger charge is -2.10. The standard InChI is InChI=1S/C16H15NO3S/c1-2-12-9-11(4-6-15(18)19)3-5-14(12)17-16(20)13-7-8-21-10-13/h3-10H,2H2,1H3,(H,17,20)(H,18,19)/b6-4+. The molecule has 108 valence electrons. The lowest BCUT2D eigenvalue weighted by atomic mass is 10.1. The zero-order valence-electron chi connectivity index (χ0n) is 11.5. The highest BCUT2D eigenvalue weighted by Crippen LogP contribution is 2.20. The molecule has 2 rings (SSSR count). The minimum atomic E-state index is -0.983. The average Bonchev–Trinajstić information content (AvgIpc) is 3.00. The summed E-state index contributed by atoms with van der Waals surface area (Å²) in [4.78, 5) is 22.6. The maximum atomic E-state index is 12.0. The number of carboxylic acids is 1. The molecule has 2 N–H and O–H groups in total. The summed E-state index contributed by atoms with van der Waals surface area (Å²) in [6, 6.07) is 7.23. The third-order valence-electron chi connectivity index (χ3n) is 2.96. The van der Waals surface area contributed by atoms with Gasteiger partial charge in [0.05, 0.1) is 5.56 Å². The van der Waals surface area contributed by atoms with Crippen LogP contribution < -0.4 is 5.32 Å². The van der Waals surface area contributed by atoms with Crippen molar-refractivity contribution in [1.82, 2.24) is 0 Å². The van der Waals surface area contributed by atoms with Crippen molar-refractivity contribution in [3.05, 3.63) is 57.8 Å². The number of benzene rings is 1. The summed E-state index contributed by atoms with van der Waals surface area (Å²) in [5.74, 6) is -1.12. The van der Waals surface area contributed by atoms with Crippen LogP contribution in [-0.4, -0.2) is 17.0 Å². The summed E-state index contributed by atoms with van der Waals surface area (Å²) in [6.45, 7) is 1.99. The van der Waals surface area contributed by atoms with Crippen molar-refractivity contribution < 1.29 is 14.7 Å². The summed E-state index contributed by atoms with van der Waals surface area (Å²) in [5.41, 5.74) is 3.15. The molecule has 0 unspecified atom stereocenters. The van der Waals surface area contributed by atoms with E-state index in [2.05, 4.69) is 5.32 Å². The monoisotopic (exact) mass is 301 g/mol. The molecule has 0 bridgehead atoms. The van der Waals surface area contributed by atoms with Crippen LogP contribution in [0.4, 0.5) is 5.69 Å². The number of rotatable bonds is 5. The third-order valence-corrected chi connectivity index (χ3v) is 3.64. The van der Waals surface area contributed by atoms with Crippen molar-refractivity contribution >= 4 is 35.0 Å². The van der Waals surface area contributed by atoms with E-state index in [9.17, 15) is 9.59 Å². The number of carbonyl (C=O) groups is 2. The van der Waals surface area contributed by atoms with E-state index in [0.29, 0.717) is 5.56 Å². The number of nitrogens with one attached hydrogen (secondary N) is 1. The number of aryl methyl sites for hydroxylation is 1. The highest BCUT2D eigenvalue weighted by atomic mass is 32.1. The van der Waals surface area contributed by atoms with Gasteiger partial charge in [0, 0.05) is 17.1 Å². The first-order valence-corrected chi connectivity index (χ1v) is 7.42. The van der Waals surface area contributed by atoms with Gasteiger partial charge in [-0.25, -0.2) is 4.79 Å². The Hall–Kier alpha value is -2.40. The Bertz CT molecular complexity index is 675. The van der Waals surface area contributed by atoms with Crippen LogP contribution in [0.2, 0.25) is 0 Å². The quantitative estimate of drug-likeness (QED) is 0.828. The van der Waals surface area contributed by atoms with Crippen molar-refractivity contribution in [3.8, 4) is 0 Å². The van der Waals surface area contributed by atoms with Gasteiger partial charge in [0.2, 0.25) is 0 Å². The van der Waals surface area contributed by atoms with Gasteiger partial charge in [-0.1, -0.05) is 13.0 Å². The second-order valence-electron chi connectivity index (χ2n) is 4.41. The number of anilines is 1. The van der Waals surface area contributed by atoms with Crippen molar-refractivity contribution in [3.63, 3.8) is 0 Å². The van der Waals surface area contributed by atoms with Gasteiger partial charge in [-0.3, -0.25) is 4.79 Å². The van der Waals surface area contributed by atoms with Gasteiger partial charge in [-0.15, -0.1) is 0 Å². The molecule has 0 atom stereocenters. The Morgan fingerprint density at radius 3 is 2.76 bits per heavy atom. The predicted molar refractivity (Wildman–Crippen MR) is 84.8 cm³/mol. The van der Waals surface area contributed by atoms with Gasteiger partial charge >= 0.3 is 5.97 Å². The maximum Gasteiger partial charge on any atom is 0.328 e. The van der Waals surface area contributed by atoms with E-state index in [1.165, 1.54) is 17.4 Å². The summed E-state index contributed by atoms with van der Waals surface area (Å²) in [5, 5.41) is 15.2. The number of carbonyl (C=O) groups excluding carboxylic acids is 1. The zero-order chi connectivity index (χ0) is 15.2. The Morgan fingerprint density at radius 2 is 2.14 bits per heavy atom. The maximum absolute atomic E-state index is 12.0. The van der Waals surface area contributed by atoms with Gasteiger partial charge in [0.15, 0.2) is 0 Å². The van der Waals surface area contributed by atoms with Gasteiger partial charge in [0.1, 0.15) is 0 Å². The molecule has 2 aromatic rings. The smallest absolute Gasteiger partial charge is 0.328 e. The van der Waals surface area contributed by atoms with Crippen molar-refractivity contribution in [2.75, 3.05) is 5.32 Å². The van der Waals surface area contributed by atoms with Gasteiger partial charge in [0.25, 0.3) is 5.91 Å². The van der Waals surface area contributed by atoms with E-state index in [1.54, 1.807) is 23.6 Å². The molecule has 1 heterocycles. The number of hydrogen-bond acceptors (Lipinski definition) is 3. The van der Waals surface area contributed by atoms with Crippen LogP contribution in [0.25, 0.3) is 6.08 Å². The molecule has 0 aliphatic rings. The molecular weight excluding hydrogens is 286 g/mol. The minimum Gasteiger partial charge on any atom is -0.478 e. The summed E-state index contributed by atoms with van der Waals surface area (Å²) < 4.78 is 0. The average molecular weight is 301 g/mol. The van der Waals surface area contributed by atoms with Gasteiger partial charge in [-0.05, 0) is 47.2 Å². The fourth-order valence-electron chi connectivity index (χ4n) is 1.89. The number of carboxylic acid groups (broad SMARTS) is 1. The van der Waals surface area contributed by atoms with Crippen LogP contribution in [-0.2, 0) is 11.2 Å². The summed E-state index contributed by atoms with van der Waals surface area (Å²) in [6.07, 6.45) is 3.37. The second kappa shape index (κ2) is 6.85. The van der Waals surface area contributed by atoms with Gasteiger partial charge in [-0.2, -0.15) is 11.3 Å². The van der Waals surface area contributed by atoms with Crippen LogP contribution in [0, 0.1) is 0 Å². The molecular formula is C16H15NO3S. The van der Waals surface area contributed by atoms with Crippen molar-refractivity contribution in [2.45, 2.75) is 13.3 Å². The molecule has 5 heteroatoms. The van der Waals surface area contributed by atoms with Crippen molar-refractivity contribution in [2.24, 2.45) is 0 Å². The Kier molecular flexibility index (Phi) is 4.90. The molecule has 0 aliphatic carbocycles. The molecule has 1 aromatic heterocycles. The molecule has 0 saturated carbocycles. The Labute approximate surface area is 126 Å². The first-order valence-electron chi connectivity index (χ1n) is 6.47. The number of amides is 1. The molecule has 21 heavy (non-hydrogen) atoms. The van der Waals surface area contributed by atoms with Gasteiger partial charge < -0.3 is 10.4 Å². The predicted octanol–water partition coefficient (Wildman–Crippen LogP) is 3.66.